The van der Waals surface area contributed by atoms with Crippen molar-refractivity contribution in [2.24, 2.45) is 5.92 Å². The van der Waals surface area contributed by atoms with Crippen molar-refractivity contribution in [3.8, 4) is 0 Å². The molecule has 5 heteroatoms. The van der Waals surface area contributed by atoms with Crippen LogP contribution in [0.4, 0.5) is 0 Å². The van der Waals surface area contributed by atoms with Crippen LogP contribution in [0.3, 0.4) is 0 Å². The third kappa shape index (κ3) is 4.90. The second kappa shape index (κ2) is 9.33. The molecule has 1 aliphatic heterocycles. The van der Waals surface area contributed by atoms with Crippen LogP contribution < -0.4 is 10.6 Å². The number of methoxy groups -OCH3 is 1. The lowest BCUT2D eigenvalue weighted by molar-refractivity contribution is -0.123. The van der Waals surface area contributed by atoms with E-state index in [2.05, 4.69) is 23.6 Å². The van der Waals surface area contributed by atoms with E-state index in [4.69, 9.17) is 4.74 Å². The van der Waals surface area contributed by atoms with E-state index >= 15 is 0 Å². The van der Waals surface area contributed by atoms with Gasteiger partial charge in [0, 0.05) is 26.5 Å². The maximum atomic E-state index is 12.2. The molecule has 1 saturated heterocycles. The van der Waals surface area contributed by atoms with Crippen molar-refractivity contribution < 1.29 is 14.3 Å². The van der Waals surface area contributed by atoms with Gasteiger partial charge in [0.05, 0.1) is 17.7 Å². The number of ketones is 1. The van der Waals surface area contributed by atoms with E-state index in [1.54, 1.807) is 7.11 Å². The summed E-state index contributed by atoms with van der Waals surface area (Å²) in [6.45, 7) is 9.56. The highest BCUT2D eigenvalue weighted by molar-refractivity contribution is 5.84. The Bertz CT molecular complexity index is 464. The van der Waals surface area contributed by atoms with Gasteiger partial charge in [-0.25, -0.2) is 0 Å². The Balaban J connectivity index is 3.17. The highest BCUT2D eigenvalue weighted by Gasteiger charge is 2.47. The summed E-state index contributed by atoms with van der Waals surface area (Å²) in [5, 5.41) is 6.58. The van der Waals surface area contributed by atoms with Crippen LogP contribution in [0.25, 0.3) is 0 Å². The molecule has 2 N–H and O–H groups in total. The van der Waals surface area contributed by atoms with E-state index in [1.807, 2.05) is 26.8 Å². The topological polar surface area (TPSA) is 67.4 Å². The first-order valence-corrected chi connectivity index (χ1v) is 9.06. The van der Waals surface area contributed by atoms with Gasteiger partial charge in [-0.1, -0.05) is 32.4 Å². The van der Waals surface area contributed by atoms with Gasteiger partial charge in [-0.05, 0) is 32.6 Å². The molecule has 0 aliphatic carbocycles. The average molecular weight is 338 g/mol. The van der Waals surface area contributed by atoms with Crippen LogP contribution in [-0.4, -0.2) is 42.5 Å². The number of amides is 1. The predicted molar refractivity (Wildman–Crippen MR) is 96.9 cm³/mol. The first-order valence-electron chi connectivity index (χ1n) is 9.06. The van der Waals surface area contributed by atoms with Gasteiger partial charge in [0.25, 0.3) is 0 Å². The van der Waals surface area contributed by atoms with Gasteiger partial charge in [-0.2, -0.15) is 0 Å². The monoisotopic (exact) mass is 338 g/mol. The summed E-state index contributed by atoms with van der Waals surface area (Å²) in [7, 11) is 1.69. The maximum absolute atomic E-state index is 12.2. The number of allylic oxidation sites excluding steroid dienone is 1. The van der Waals surface area contributed by atoms with Crippen LogP contribution in [0.1, 0.15) is 60.3 Å². The minimum atomic E-state index is -0.484. The molecular formula is C19H34N2O3. The molecule has 0 aromatic heterocycles. The molecule has 0 aromatic carbocycles. The van der Waals surface area contributed by atoms with Crippen LogP contribution in [0, 0.1) is 5.92 Å². The number of Topliss-reactive ketones (excluding diaryl/α,β-unsaturated/α-hetero) is 1. The Morgan fingerprint density at radius 3 is 2.54 bits per heavy atom. The maximum Gasteiger partial charge on any atom is 0.217 e. The normalized spacial score (nSPS) is 27.8. The van der Waals surface area contributed by atoms with Crippen LogP contribution in [0.15, 0.2) is 12.2 Å². The standard InChI is InChI=1S/C19H34N2O3/c1-7-10-14-12-15(16(23)9-3)21-17(14)18(20-13(4)22)19(5,24-6)11-8-2/h7,10,14-15,17-18,21H,8-9,11-12H2,1-6H3,(H,20,22)/b10-7-/t14-,15-,17-,18-,19+/m1/s1. The number of rotatable bonds is 9. The number of hydrogen-bond acceptors (Lipinski definition) is 4. The van der Waals surface area contributed by atoms with Crippen molar-refractivity contribution >= 4 is 11.7 Å². The zero-order valence-corrected chi connectivity index (χ0v) is 16.0. The lowest BCUT2D eigenvalue weighted by Gasteiger charge is -2.41. The fourth-order valence-corrected chi connectivity index (χ4v) is 3.82. The summed E-state index contributed by atoms with van der Waals surface area (Å²) in [4.78, 5) is 24.0. The highest BCUT2D eigenvalue weighted by Crippen LogP contribution is 2.33. The second-order valence-corrected chi connectivity index (χ2v) is 6.94. The summed E-state index contributed by atoms with van der Waals surface area (Å²) < 4.78 is 5.84. The molecule has 0 aromatic rings. The van der Waals surface area contributed by atoms with Crippen molar-refractivity contribution in [3.63, 3.8) is 0 Å². The molecule has 0 bridgehead atoms. The largest absolute Gasteiger partial charge is 0.376 e. The lowest BCUT2D eigenvalue weighted by atomic mass is 9.81. The molecule has 24 heavy (non-hydrogen) atoms. The molecule has 1 aliphatic rings. The molecule has 1 fully saturated rings. The van der Waals surface area contributed by atoms with Crippen LogP contribution >= 0.6 is 0 Å². The minimum Gasteiger partial charge on any atom is -0.376 e. The smallest absolute Gasteiger partial charge is 0.217 e. The molecule has 1 heterocycles. The van der Waals surface area contributed by atoms with Gasteiger partial charge < -0.3 is 15.4 Å². The Kier molecular flexibility index (Phi) is 8.10. The average Bonchev–Trinajstić information content (AvgIpc) is 2.95. The van der Waals surface area contributed by atoms with Crippen molar-refractivity contribution in [2.75, 3.05) is 7.11 Å². The summed E-state index contributed by atoms with van der Waals surface area (Å²) in [6.07, 6.45) is 7.24. The predicted octanol–water partition coefficient (Wildman–Crippen LogP) is 2.60. The van der Waals surface area contributed by atoms with Crippen molar-refractivity contribution in [1.29, 1.82) is 0 Å². The molecule has 5 atom stereocenters. The summed E-state index contributed by atoms with van der Waals surface area (Å²) in [6, 6.07) is -0.377. The SMILES string of the molecule is C/C=C\[C@@H]1C[C@H](C(=O)CC)N[C@H]1[C@@H](NC(C)=O)[C@](C)(CCC)OC. The van der Waals surface area contributed by atoms with Gasteiger partial charge in [0.1, 0.15) is 5.78 Å². The van der Waals surface area contributed by atoms with Crippen molar-refractivity contribution in [1.82, 2.24) is 10.6 Å². The summed E-state index contributed by atoms with van der Waals surface area (Å²) >= 11 is 0. The first kappa shape index (κ1) is 20.8. The lowest BCUT2D eigenvalue weighted by Crippen LogP contribution is -2.62. The van der Waals surface area contributed by atoms with E-state index in [0.717, 1.165) is 19.3 Å². The number of nitrogens with one attached hydrogen (secondary N) is 2. The number of ether oxygens (including phenoxy) is 1. The Labute approximate surface area is 146 Å². The molecule has 0 unspecified atom stereocenters. The third-order valence-corrected chi connectivity index (χ3v) is 5.13. The Morgan fingerprint density at radius 1 is 1.42 bits per heavy atom. The quantitative estimate of drug-likeness (QED) is 0.634. The van der Waals surface area contributed by atoms with Gasteiger partial charge in [0.2, 0.25) is 5.91 Å². The molecule has 0 saturated carbocycles. The Morgan fingerprint density at radius 2 is 2.08 bits per heavy atom. The highest BCUT2D eigenvalue weighted by atomic mass is 16.5. The minimum absolute atomic E-state index is 0.0258. The number of hydrogen-bond donors (Lipinski definition) is 2. The first-order chi connectivity index (χ1) is 11.3. The molecule has 138 valence electrons. The van der Waals surface area contributed by atoms with Gasteiger partial charge in [-0.15, -0.1) is 0 Å². The molecule has 1 rings (SSSR count). The van der Waals surface area contributed by atoms with E-state index in [1.165, 1.54) is 6.92 Å². The third-order valence-electron chi connectivity index (χ3n) is 5.13. The molecule has 1 amide bonds. The summed E-state index contributed by atoms with van der Waals surface area (Å²) in [5.41, 5.74) is -0.484. The molecule has 0 spiro atoms. The number of carbonyl (C=O) groups excluding carboxylic acids is 2. The zero-order valence-electron chi connectivity index (χ0n) is 16.0. The van der Waals surface area contributed by atoms with E-state index in [9.17, 15) is 9.59 Å². The second-order valence-electron chi connectivity index (χ2n) is 6.94. The van der Waals surface area contributed by atoms with Gasteiger partial charge in [0.15, 0.2) is 0 Å². The molecule has 5 nitrogen and oxygen atoms in total. The van der Waals surface area contributed by atoms with Gasteiger partial charge in [-0.3, -0.25) is 9.59 Å². The summed E-state index contributed by atoms with van der Waals surface area (Å²) in [5.74, 6) is 0.340. The Hall–Kier alpha value is -1.20. The van der Waals surface area contributed by atoms with E-state index in [-0.39, 0.29) is 35.7 Å². The molecular weight excluding hydrogens is 304 g/mol. The fourth-order valence-electron chi connectivity index (χ4n) is 3.82. The van der Waals surface area contributed by atoms with Crippen LogP contribution in [0.2, 0.25) is 0 Å². The van der Waals surface area contributed by atoms with Gasteiger partial charge >= 0.3 is 0 Å². The van der Waals surface area contributed by atoms with Crippen molar-refractivity contribution in [3.05, 3.63) is 12.2 Å². The van der Waals surface area contributed by atoms with Crippen LogP contribution in [0.5, 0.6) is 0 Å². The van der Waals surface area contributed by atoms with Crippen LogP contribution in [-0.2, 0) is 14.3 Å². The van der Waals surface area contributed by atoms with Crippen molar-refractivity contribution in [2.45, 2.75) is 84.0 Å². The number of carbonyl (C=O) groups is 2. The van der Waals surface area contributed by atoms with E-state index in [0.29, 0.717) is 6.42 Å². The molecule has 0 radical (unpaired) electrons. The van der Waals surface area contributed by atoms with E-state index < -0.39 is 5.60 Å². The fraction of sp³-hybridized carbons (Fsp3) is 0.789. The zero-order chi connectivity index (χ0) is 18.3.